The number of aliphatic imine (C=N–C) groups is 1. The molecule has 9 aromatic heterocycles. The molecule has 6 N–H and O–H groups in total. The molecule has 0 amide bonds. The maximum Gasteiger partial charge on any atom is 1.00 e. The number of aromatic nitrogens is 13. The normalized spacial score (nSPS) is 10.1. The summed E-state index contributed by atoms with van der Waals surface area (Å²) in [4.78, 5) is 62.9. The number of halogens is 4. The molecule has 0 aliphatic heterocycles. The number of carboxylic acids is 1. The number of ether oxygens (including phenoxy) is 7. The maximum absolute atomic E-state index is 11.7. The Bertz CT molecular complexity index is 6100. The Balaban J connectivity index is 0.000000226. The van der Waals surface area contributed by atoms with Gasteiger partial charge < -0.3 is 55.2 Å². The van der Waals surface area contributed by atoms with Gasteiger partial charge in [-0.1, -0.05) is 89.9 Å². The Hall–Kier alpha value is -13.6. The van der Waals surface area contributed by atoms with E-state index in [1.165, 1.54) is 37.5 Å². The summed E-state index contributed by atoms with van der Waals surface area (Å²) in [5.74, 6) is 3.39. The minimum absolute atomic E-state index is 0. The first-order chi connectivity index (χ1) is 58.6. The molecule has 34 nitrogen and oxygen atoms in total. The van der Waals surface area contributed by atoms with Crippen LogP contribution < -0.4 is 58.7 Å². The molecule has 634 valence electrons. The van der Waals surface area contributed by atoms with E-state index in [0.29, 0.717) is 96.8 Å². The maximum atomic E-state index is 11.7. The molecule has 0 radical (unpaired) electrons. The zero-order valence-electron chi connectivity index (χ0n) is 67.6. The molecule has 9 heterocycles. The van der Waals surface area contributed by atoms with E-state index >= 15 is 0 Å². The van der Waals surface area contributed by atoms with Crippen LogP contribution in [0.5, 0.6) is 34.5 Å². The molecule has 6 aromatic carbocycles. The molecule has 0 unspecified atom stereocenters. The predicted octanol–water partition coefficient (Wildman–Crippen LogP) is 15.7. The molecular formula is C85H83Br3ClLiN22O12. The fourth-order valence-corrected chi connectivity index (χ4v) is 12.5. The molecule has 0 aliphatic carbocycles. The number of nitrogens with two attached hydrogens (primary N) is 2. The Morgan fingerprint density at radius 2 is 0.895 bits per heavy atom. The Morgan fingerprint density at radius 1 is 0.508 bits per heavy atom. The molecule has 0 spiro atoms. The monoisotopic (exact) mass is 1880 g/mol. The first-order valence-corrected chi connectivity index (χ1v) is 38.6. The van der Waals surface area contributed by atoms with Gasteiger partial charge in [-0.25, -0.2) is 9.59 Å². The van der Waals surface area contributed by atoms with Crippen molar-refractivity contribution in [3.05, 3.63) is 316 Å². The molecule has 0 saturated carbocycles. The molecule has 0 bridgehead atoms. The van der Waals surface area contributed by atoms with Crippen molar-refractivity contribution >= 4 is 134 Å². The molecule has 15 rings (SSSR count). The zero-order chi connectivity index (χ0) is 86.7. The third-order valence-corrected chi connectivity index (χ3v) is 19.0. The number of carbonyl (C=O) groups excluding carboxylic acids is 2. The second-order valence-electron chi connectivity index (χ2n) is 25.1. The van der Waals surface area contributed by atoms with Crippen LogP contribution in [0.3, 0.4) is 0 Å². The standard InChI is InChI=1S/C16H15N3O3.C15H13N3O3.C14H12BrN5O.C14H12BrN3O.C11H12ClN3O.C8H11NO.C6H3BrN4O.CH4.Li.H2O/c1-21-13-5-3-11(4-6-13)9-19-10-12-7-17-8-14(15(12)18-19)16(20)22-2;1-21-12-4-2-10(3-5-12)8-18-9-11-6-16-7-13(15(19)20)14(11)17-18;1-21-12-4-2-10(3-5-12)6-17-7-11-8-18-9-13(15)14(11)19-20-16;1-19-12-4-2-10(3-5-12)8-18-9-11-6-16-7-13(15)14(11)17-18;1-15-6-9(13)11(14-15)8-5-7(12)3-4-10(8)16-2;1-10-8-4-2-7(6-9)3-5-8;7-5-2-9-1-4(3-12)6(5)10-11-8;;;/h3-8,10H,9H2,1-2H3;2-7,9H,8H2,1H3,(H,19,20);2-5,7-9H,6H2,1H3;2-7,9H,8H2,1H3;3-6H,13H2,1-2H3;2-5H,6,9H2,1H3;1-3H;1H4;;1H2/q;;;;;;;;+1;/p-1. The third-order valence-electron chi connectivity index (χ3n) is 17.0. The molecule has 15 aromatic rings. The van der Waals surface area contributed by atoms with Crippen molar-refractivity contribution in [2.75, 3.05) is 55.5 Å². The smallest absolute Gasteiger partial charge is 0.870 e. The van der Waals surface area contributed by atoms with Crippen molar-refractivity contribution in [1.82, 2.24) is 64.0 Å². The predicted molar refractivity (Wildman–Crippen MR) is 480 cm³/mol. The zero-order valence-corrected chi connectivity index (χ0v) is 73.2. The van der Waals surface area contributed by atoms with E-state index in [-0.39, 0.29) is 48.6 Å². The number of hydrogen-bond donors (Lipinski definition) is 3. The molecule has 0 fully saturated rings. The van der Waals surface area contributed by atoms with E-state index in [9.17, 15) is 14.4 Å². The number of fused-ring (bicyclic) bond motifs is 3. The molecular weight excluding hydrogens is 1800 g/mol. The first-order valence-electron chi connectivity index (χ1n) is 35.9. The topological polar surface area (TPSA) is 464 Å². The van der Waals surface area contributed by atoms with Gasteiger partial charge in [0.2, 0.25) is 0 Å². The number of methoxy groups -OCH3 is 7. The number of esters is 1. The van der Waals surface area contributed by atoms with E-state index < -0.39 is 11.9 Å². The van der Waals surface area contributed by atoms with Crippen LogP contribution in [0.4, 0.5) is 17.1 Å². The number of aldehydes is 1. The van der Waals surface area contributed by atoms with Gasteiger partial charge in [-0.05, 0) is 166 Å². The number of rotatable bonds is 22. The van der Waals surface area contributed by atoms with Crippen molar-refractivity contribution < 1.29 is 77.0 Å². The first kappa shape index (κ1) is 99.3. The van der Waals surface area contributed by atoms with Gasteiger partial charge in [-0.2, -0.15) is 20.4 Å². The van der Waals surface area contributed by atoms with Crippen molar-refractivity contribution in [3.63, 3.8) is 0 Å². The summed E-state index contributed by atoms with van der Waals surface area (Å²) in [5.41, 5.74) is 39.7. The van der Waals surface area contributed by atoms with Crippen LogP contribution in [0.2, 0.25) is 5.02 Å². The minimum atomic E-state index is -1.03. The van der Waals surface area contributed by atoms with Gasteiger partial charge in [0.1, 0.15) is 67.9 Å². The van der Waals surface area contributed by atoms with Crippen LogP contribution in [-0.2, 0) is 44.5 Å². The van der Waals surface area contributed by atoms with Crippen molar-refractivity contribution in [2.45, 2.75) is 40.2 Å². The van der Waals surface area contributed by atoms with Gasteiger partial charge in [0, 0.05) is 163 Å². The molecule has 0 atom stereocenters. The quantitative estimate of drug-likeness (QED) is 0.0108. The van der Waals surface area contributed by atoms with Gasteiger partial charge >= 0.3 is 30.8 Å². The van der Waals surface area contributed by atoms with Crippen LogP contribution >= 0.6 is 59.4 Å². The van der Waals surface area contributed by atoms with Crippen LogP contribution in [-0.4, -0.2) is 149 Å². The number of hydrogen-bond acceptors (Lipinski definition) is 25. The fourth-order valence-electron chi connectivity index (χ4n) is 11.1. The van der Waals surface area contributed by atoms with E-state index in [1.807, 2.05) is 152 Å². The third kappa shape index (κ3) is 28.5. The number of benzene rings is 6. The summed E-state index contributed by atoms with van der Waals surface area (Å²) >= 11 is 15.8. The molecule has 124 heavy (non-hydrogen) atoms. The number of nitrogens with zero attached hydrogens (tertiary/aromatic N) is 20. The number of anilines is 1. The number of carboxylic acid groups (broad SMARTS) is 1. The van der Waals surface area contributed by atoms with Crippen molar-refractivity contribution in [1.29, 1.82) is 0 Å². The van der Waals surface area contributed by atoms with E-state index in [0.717, 1.165) is 83.9 Å². The Kier molecular flexibility index (Phi) is 40.5. The Morgan fingerprint density at radius 3 is 1.29 bits per heavy atom. The van der Waals surface area contributed by atoms with Gasteiger partial charge in [0.15, 0.2) is 6.29 Å². The number of azide groups is 2. The molecule has 0 saturated heterocycles. The average molecular weight is 1890 g/mol. The molecule has 0 aliphatic rings. The van der Waals surface area contributed by atoms with Crippen LogP contribution in [0.15, 0.2) is 255 Å². The fraction of sp³-hybridized carbons (Fsp3) is 0.165. The average Bonchev–Trinajstić information content (AvgIpc) is 1.67. The number of aryl methyl sites for hydroxylation is 1. The Labute approximate surface area is 754 Å². The van der Waals surface area contributed by atoms with Crippen molar-refractivity contribution in [2.24, 2.45) is 28.0 Å². The van der Waals surface area contributed by atoms with Gasteiger partial charge in [0.05, 0.1) is 97.5 Å². The minimum Gasteiger partial charge on any atom is -0.870 e. The van der Waals surface area contributed by atoms with E-state index in [4.69, 9.17) is 72.4 Å². The number of pyridine rings is 5. The van der Waals surface area contributed by atoms with Gasteiger partial charge in [-0.15, -0.1) is 0 Å². The van der Waals surface area contributed by atoms with Gasteiger partial charge in [0.25, 0.3) is 0 Å². The van der Waals surface area contributed by atoms with E-state index in [2.05, 4.69) is 118 Å². The van der Waals surface area contributed by atoms with Crippen molar-refractivity contribution in [3.8, 4) is 45.8 Å². The van der Waals surface area contributed by atoms with E-state index in [1.54, 1.807) is 124 Å². The summed E-state index contributed by atoms with van der Waals surface area (Å²) in [6.45, 7) is 2.98. The second kappa shape index (κ2) is 50.6. The number of carbonyl (C=O) groups is 3. The summed E-state index contributed by atoms with van der Waals surface area (Å²) in [6, 6.07) is 44.1. The number of aromatic carboxylic acids is 1. The summed E-state index contributed by atoms with van der Waals surface area (Å²) in [5, 5.41) is 36.9. The largest absolute Gasteiger partial charge is 1.00 e. The molecule has 39 heteroatoms. The van der Waals surface area contributed by atoms with Crippen LogP contribution in [0.1, 0.15) is 71.9 Å². The SMILES string of the molecule is C.COC(=O)c1cncc2cn(Cc3ccc(OC)cc3)nc12.COc1ccc(CN)cc1.COc1ccc(CN=Cc2cncc(Br)c2N=[N+]=[N-])cc1.COc1ccc(Cl)cc1-c1nn(C)cc1N.COc1ccc(Cn2cc3cncc(Br)c3n2)cc1.COc1ccc(Cn2cc3cncc(C(=O)O)c3n2)cc1.[Li+].[N-]=[N+]=Nc1c(Br)cncc1C=O.[OH-]. The van der Waals surface area contributed by atoms with Crippen LogP contribution in [0, 0.1) is 0 Å². The summed E-state index contributed by atoms with van der Waals surface area (Å²) in [6.07, 6.45) is 25.2. The van der Waals surface area contributed by atoms with Crippen LogP contribution in [0.25, 0.3) is 64.9 Å². The van der Waals surface area contributed by atoms with Gasteiger partial charge in [-0.3, -0.25) is 53.4 Å². The second-order valence-corrected chi connectivity index (χ2v) is 28.1. The number of nitrogen functional groups attached to an aromatic ring is 1. The summed E-state index contributed by atoms with van der Waals surface area (Å²) < 4.78 is 44.6. The summed E-state index contributed by atoms with van der Waals surface area (Å²) in [7, 11) is 13.0.